The Morgan fingerprint density at radius 2 is 1.79 bits per heavy atom. The molecule has 1 saturated carbocycles. The summed E-state index contributed by atoms with van der Waals surface area (Å²) < 4.78 is 0. The Balaban J connectivity index is 1.67. The average Bonchev–Trinajstić information content (AvgIpc) is 2.41. The topological polar surface area (TPSA) is 12.0 Å². The highest BCUT2D eigenvalue weighted by Crippen LogP contribution is 2.35. The zero-order valence-corrected chi connectivity index (χ0v) is 12.8. The predicted octanol–water partition coefficient (Wildman–Crippen LogP) is 4.74. The van der Waals surface area contributed by atoms with Crippen LogP contribution in [0.5, 0.6) is 0 Å². The standard InChI is InChI=1S/C18H29N/c1-15(16-7-5-4-6-8-16)11-14-19-17-9-12-18(2,3)13-10-17/h4-8,15,17,19H,9-14H2,1-3H3. The van der Waals surface area contributed by atoms with E-state index in [1.54, 1.807) is 0 Å². The zero-order valence-electron chi connectivity index (χ0n) is 12.8. The highest BCUT2D eigenvalue weighted by Gasteiger charge is 2.26. The second-order valence-electron chi connectivity index (χ2n) is 6.99. The summed E-state index contributed by atoms with van der Waals surface area (Å²) >= 11 is 0. The summed E-state index contributed by atoms with van der Waals surface area (Å²) in [6, 6.07) is 11.6. The molecule has 1 aromatic carbocycles. The normalized spacial score (nSPS) is 21.2. The number of nitrogens with one attached hydrogen (secondary N) is 1. The molecule has 1 heteroatoms. The van der Waals surface area contributed by atoms with Crippen molar-refractivity contribution in [1.29, 1.82) is 0 Å². The van der Waals surface area contributed by atoms with Crippen LogP contribution >= 0.6 is 0 Å². The monoisotopic (exact) mass is 259 g/mol. The Hall–Kier alpha value is -0.820. The van der Waals surface area contributed by atoms with E-state index in [1.165, 1.54) is 37.7 Å². The van der Waals surface area contributed by atoms with Gasteiger partial charge in [-0.2, -0.15) is 0 Å². The summed E-state index contributed by atoms with van der Waals surface area (Å²) in [5.74, 6) is 0.661. The molecule has 1 unspecified atom stereocenters. The van der Waals surface area contributed by atoms with Crippen LogP contribution < -0.4 is 5.32 Å². The van der Waals surface area contributed by atoms with Gasteiger partial charge < -0.3 is 5.32 Å². The maximum absolute atomic E-state index is 3.76. The van der Waals surface area contributed by atoms with Crippen molar-refractivity contribution < 1.29 is 0 Å². The quantitative estimate of drug-likeness (QED) is 0.805. The molecule has 1 aliphatic rings. The van der Waals surface area contributed by atoms with E-state index in [2.05, 4.69) is 56.4 Å². The SMILES string of the molecule is CC(CCNC1CCC(C)(C)CC1)c1ccccc1. The molecule has 1 aromatic rings. The smallest absolute Gasteiger partial charge is 0.00674 e. The summed E-state index contributed by atoms with van der Waals surface area (Å²) in [6.07, 6.45) is 6.70. The zero-order chi connectivity index (χ0) is 13.7. The number of hydrogen-bond acceptors (Lipinski definition) is 1. The molecule has 0 heterocycles. The van der Waals surface area contributed by atoms with Gasteiger partial charge in [-0.15, -0.1) is 0 Å². The Morgan fingerprint density at radius 1 is 1.16 bits per heavy atom. The van der Waals surface area contributed by atoms with Crippen molar-refractivity contribution in [2.24, 2.45) is 5.41 Å². The molecule has 106 valence electrons. The lowest BCUT2D eigenvalue weighted by atomic mass is 9.75. The lowest BCUT2D eigenvalue weighted by Crippen LogP contribution is -2.36. The minimum absolute atomic E-state index is 0.579. The first-order valence-corrected chi connectivity index (χ1v) is 7.85. The van der Waals surface area contributed by atoms with E-state index in [1.807, 2.05) is 0 Å². The molecule has 1 fully saturated rings. The predicted molar refractivity (Wildman–Crippen MR) is 83.5 cm³/mol. The van der Waals surface area contributed by atoms with Gasteiger partial charge in [-0.1, -0.05) is 51.1 Å². The number of rotatable bonds is 5. The van der Waals surface area contributed by atoms with Gasteiger partial charge in [0.05, 0.1) is 0 Å². The lowest BCUT2D eigenvalue weighted by Gasteiger charge is -2.34. The van der Waals surface area contributed by atoms with Crippen LogP contribution in [0.1, 0.15) is 64.4 Å². The Kier molecular flexibility index (Phi) is 5.04. The van der Waals surface area contributed by atoms with Crippen LogP contribution in [0.4, 0.5) is 0 Å². The van der Waals surface area contributed by atoms with Gasteiger partial charge in [0.2, 0.25) is 0 Å². The van der Waals surface area contributed by atoms with Crippen molar-refractivity contribution in [3.63, 3.8) is 0 Å². The maximum Gasteiger partial charge on any atom is 0.00674 e. The molecule has 0 radical (unpaired) electrons. The second kappa shape index (κ2) is 6.56. The van der Waals surface area contributed by atoms with Gasteiger partial charge in [-0.25, -0.2) is 0 Å². The van der Waals surface area contributed by atoms with Gasteiger partial charge in [0.25, 0.3) is 0 Å². The Labute approximate surface area is 118 Å². The van der Waals surface area contributed by atoms with Crippen molar-refractivity contribution in [2.45, 2.75) is 64.8 Å². The molecule has 2 rings (SSSR count). The minimum Gasteiger partial charge on any atom is -0.314 e. The molecular weight excluding hydrogens is 230 g/mol. The first-order chi connectivity index (χ1) is 9.07. The Morgan fingerprint density at radius 3 is 2.42 bits per heavy atom. The molecule has 1 atom stereocenters. The van der Waals surface area contributed by atoms with E-state index in [9.17, 15) is 0 Å². The molecule has 1 N–H and O–H groups in total. The van der Waals surface area contributed by atoms with Crippen molar-refractivity contribution in [3.05, 3.63) is 35.9 Å². The molecule has 0 amide bonds. The van der Waals surface area contributed by atoms with Gasteiger partial charge in [0.15, 0.2) is 0 Å². The van der Waals surface area contributed by atoms with Crippen molar-refractivity contribution in [3.8, 4) is 0 Å². The maximum atomic E-state index is 3.76. The fraction of sp³-hybridized carbons (Fsp3) is 0.667. The molecule has 1 nitrogen and oxygen atoms in total. The first kappa shape index (κ1) is 14.6. The Bertz CT molecular complexity index is 359. The van der Waals surface area contributed by atoms with Crippen molar-refractivity contribution in [2.75, 3.05) is 6.54 Å². The third-order valence-electron chi connectivity index (χ3n) is 4.72. The van der Waals surface area contributed by atoms with E-state index in [-0.39, 0.29) is 0 Å². The molecule has 0 aromatic heterocycles. The molecular formula is C18H29N. The number of benzene rings is 1. The summed E-state index contributed by atoms with van der Waals surface area (Å²) in [5, 5.41) is 3.76. The van der Waals surface area contributed by atoms with E-state index in [0.29, 0.717) is 11.3 Å². The van der Waals surface area contributed by atoms with E-state index >= 15 is 0 Å². The van der Waals surface area contributed by atoms with Crippen molar-refractivity contribution in [1.82, 2.24) is 5.32 Å². The van der Waals surface area contributed by atoms with Crippen LogP contribution in [0.25, 0.3) is 0 Å². The van der Waals surface area contributed by atoms with Crippen LogP contribution in [0, 0.1) is 5.41 Å². The minimum atomic E-state index is 0.579. The van der Waals surface area contributed by atoms with Gasteiger partial charge in [0.1, 0.15) is 0 Å². The van der Waals surface area contributed by atoms with E-state index in [0.717, 1.165) is 12.6 Å². The summed E-state index contributed by atoms with van der Waals surface area (Å²) in [5.41, 5.74) is 2.05. The van der Waals surface area contributed by atoms with E-state index in [4.69, 9.17) is 0 Å². The summed E-state index contributed by atoms with van der Waals surface area (Å²) in [4.78, 5) is 0. The van der Waals surface area contributed by atoms with Gasteiger partial charge in [-0.05, 0) is 55.5 Å². The molecule has 0 aliphatic heterocycles. The number of hydrogen-bond donors (Lipinski definition) is 1. The molecule has 0 bridgehead atoms. The van der Waals surface area contributed by atoms with Crippen LogP contribution in [0.15, 0.2) is 30.3 Å². The second-order valence-corrected chi connectivity index (χ2v) is 6.99. The van der Waals surface area contributed by atoms with Crippen LogP contribution in [-0.2, 0) is 0 Å². The fourth-order valence-corrected chi connectivity index (χ4v) is 3.06. The van der Waals surface area contributed by atoms with Gasteiger partial charge >= 0.3 is 0 Å². The molecule has 19 heavy (non-hydrogen) atoms. The van der Waals surface area contributed by atoms with Gasteiger partial charge in [0, 0.05) is 6.04 Å². The summed E-state index contributed by atoms with van der Waals surface area (Å²) in [7, 11) is 0. The van der Waals surface area contributed by atoms with Gasteiger partial charge in [-0.3, -0.25) is 0 Å². The highest BCUT2D eigenvalue weighted by molar-refractivity contribution is 5.18. The average molecular weight is 259 g/mol. The van der Waals surface area contributed by atoms with Crippen LogP contribution in [0.3, 0.4) is 0 Å². The van der Waals surface area contributed by atoms with Crippen LogP contribution in [0.2, 0.25) is 0 Å². The lowest BCUT2D eigenvalue weighted by molar-refractivity contribution is 0.206. The fourth-order valence-electron chi connectivity index (χ4n) is 3.06. The van der Waals surface area contributed by atoms with Crippen LogP contribution in [-0.4, -0.2) is 12.6 Å². The molecule has 0 saturated heterocycles. The third-order valence-corrected chi connectivity index (χ3v) is 4.72. The first-order valence-electron chi connectivity index (χ1n) is 7.85. The van der Waals surface area contributed by atoms with Crippen molar-refractivity contribution >= 4 is 0 Å². The molecule has 0 spiro atoms. The van der Waals surface area contributed by atoms with E-state index < -0.39 is 0 Å². The largest absolute Gasteiger partial charge is 0.314 e. The molecule has 1 aliphatic carbocycles. The summed E-state index contributed by atoms with van der Waals surface area (Å²) in [6.45, 7) is 8.30. The highest BCUT2D eigenvalue weighted by atomic mass is 14.9. The third kappa shape index (κ3) is 4.65.